The Kier molecular flexibility index (Phi) is 11.6. The molecule has 1 aromatic carbocycles. The van der Waals surface area contributed by atoms with Crippen molar-refractivity contribution in [3.05, 3.63) is 99.6 Å². The van der Waals surface area contributed by atoms with Crippen molar-refractivity contribution in [3.63, 3.8) is 0 Å². The molecule has 2 aliphatic carbocycles. The van der Waals surface area contributed by atoms with Crippen LogP contribution in [-0.2, 0) is 21.9 Å². The zero-order chi connectivity index (χ0) is 18.8. The molecule has 27 heavy (non-hydrogen) atoms. The monoisotopic (exact) mass is 404 g/mol. The summed E-state index contributed by atoms with van der Waals surface area (Å²) in [5.41, 5.74) is 3.76. The minimum atomic E-state index is -0.221. The third-order valence-corrected chi connectivity index (χ3v) is 3.95. The van der Waals surface area contributed by atoms with Gasteiger partial charge in [-0.15, -0.1) is 0 Å². The first kappa shape index (κ1) is 23.9. The second kappa shape index (κ2) is 13.1. The van der Waals surface area contributed by atoms with Gasteiger partial charge in [0.05, 0.1) is 0 Å². The number of hydrogen-bond donors (Lipinski definition) is 1. The average Bonchev–Trinajstić information content (AvgIpc) is 3.37. The number of hydrazine groups is 1. The van der Waals surface area contributed by atoms with Crippen LogP contribution in [-0.4, -0.2) is 29.8 Å². The molecule has 1 atom stereocenters. The van der Waals surface area contributed by atoms with Crippen LogP contribution in [0, 0.1) is 63.7 Å². The number of Topliss-reactive ketones (excluding diaryl/α,β-unsaturated/α-hetero) is 1. The van der Waals surface area contributed by atoms with Crippen molar-refractivity contribution >= 4 is 11.7 Å². The van der Waals surface area contributed by atoms with Crippen LogP contribution >= 0.6 is 0 Å². The maximum absolute atomic E-state index is 12.4. The van der Waals surface area contributed by atoms with Crippen LogP contribution in [0.2, 0.25) is 0 Å². The molecular formula is C22H24FeN2O2+2. The van der Waals surface area contributed by atoms with E-state index in [4.69, 9.17) is 0 Å². The van der Waals surface area contributed by atoms with Crippen LogP contribution < -0.4 is 5.43 Å². The first-order valence-electron chi connectivity index (χ1n) is 8.55. The van der Waals surface area contributed by atoms with Gasteiger partial charge >= 0.3 is 17.1 Å². The summed E-state index contributed by atoms with van der Waals surface area (Å²) in [6.07, 6.45) is 18.0. The summed E-state index contributed by atoms with van der Waals surface area (Å²) in [5, 5.41) is 1.41. The fraction of sp³-hybridized carbons (Fsp3) is 0.182. The van der Waals surface area contributed by atoms with Gasteiger partial charge < -0.3 is 0 Å². The predicted molar refractivity (Wildman–Crippen MR) is 103 cm³/mol. The van der Waals surface area contributed by atoms with Crippen LogP contribution in [0.4, 0.5) is 0 Å². The number of carbonyl (C=O) groups is 2. The molecule has 1 amide bonds. The molecule has 2 saturated carbocycles. The Balaban J connectivity index is 0.000000526. The van der Waals surface area contributed by atoms with Crippen LogP contribution in [0.5, 0.6) is 0 Å². The van der Waals surface area contributed by atoms with Crippen LogP contribution in [0.3, 0.4) is 0 Å². The first-order chi connectivity index (χ1) is 12.6. The van der Waals surface area contributed by atoms with Gasteiger partial charge in [0.25, 0.3) is 0 Å². The molecule has 3 rings (SSSR count). The summed E-state index contributed by atoms with van der Waals surface area (Å²) in [6, 6.07) is 8.96. The van der Waals surface area contributed by atoms with Crippen molar-refractivity contribution in [2.45, 2.75) is 19.4 Å². The van der Waals surface area contributed by atoms with E-state index in [9.17, 15) is 9.59 Å². The SMILES string of the molecule is CC(=O)N(C)NC(CC(=O)c1ccccc1)[C]1[CH][CH][CH][CH]1.[CH]1[CH][CH][CH][CH]1.[Fe+2]. The van der Waals surface area contributed by atoms with Crippen molar-refractivity contribution < 1.29 is 26.7 Å². The van der Waals surface area contributed by atoms with Gasteiger partial charge in [0.15, 0.2) is 5.78 Å². The van der Waals surface area contributed by atoms with Crippen molar-refractivity contribution in [3.8, 4) is 0 Å². The van der Waals surface area contributed by atoms with Gasteiger partial charge in [0.1, 0.15) is 0 Å². The third-order valence-electron chi connectivity index (χ3n) is 3.95. The molecule has 5 heteroatoms. The van der Waals surface area contributed by atoms with Gasteiger partial charge in [0, 0.05) is 37.9 Å². The second-order valence-corrected chi connectivity index (χ2v) is 5.93. The Labute approximate surface area is 174 Å². The predicted octanol–water partition coefficient (Wildman–Crippen LogP) is 3.04. The van der Waals surface area contributed by atoms with Gasteiger partial charge in [-0.1, -0.05) is 30.3 Å². The summed E-state index contributed by atoms with van der Waals surface area (Å²) < 4.78 is 0. The Morgan fingerprint density at radius 3 is 1.93 bits per heavy atom. The van der Waals surface area contributed by atoms with E-state index in [0.717, 1.165) is 5.92 Å². The van der Waals surface area contributed by atoms with E-state index in [1.54, 1.807) is 19.2 Å². The first-order valence-corrected chi connectivity index (χ1v) is 8.55. The molecule has 1 aromatic rings. The zero-order valence-corrected chi connectivity index (χ0v) is 16.6. The van der Waals surface area contributed by atoms with Crippen LogP contribution in [0.25, 0.3) is 0 Å². The second-order valence-electron chi connectivity index (χ2n) is 5.93. The molecule has 10 radical (unpaired) electrons. The van der Waals surface area contributed by atoms with Crippen molar-refractivity contribution in [2.24, 2.45) is 0 Å². The summed E-state index contributed by atoms with van der Waals surface area (Å²) >= 11 is 0. The fourth-order valence-corrected chi connectivity index (χ4v) is 2.43. The molecule has 1 N–H and O–H groups in total. The smallest absolute Gasteiger partial charge is 0.294 e. The molecule has 1 unspecified atom stereocenters. The van der Waals surface area contributed by atoms with E-state index in [1.807, 2.05) is 76.0 Å². The number of hydrogen-bond acceptors (Lipinski definition) is 3. The van der Waals surface area contributed by atoms with Crippen molar-refractivity contribution in [1.29, 1.82) is 0 Å². The summed E-state index contributed by atoms with van der Waals surface area (Å²) in [4.78, 5) is 23.7. The van der Waals surface area contributed by atoms with Gasteiger partial charge in [-0.3, -0.25) is 14.6 Å². The quantitative estimate of drug-likeness (QED) is 0.451. The Hall–Kier alpha value is -1.16. The summed E-state index contributed by atoms with van der Waals surface area (Å²) in [5.74, 6) is 0.942. The number of nitrogens with zero attached hydrogens (tertiary/aromatic N) is 1. The van der Waals surface area contributed by atoms with Crippen LogP contribution in [0.15, 0.2) is 30.3 Å². The Morgan fingerprint density at radius 1 is 0.926 bits per heavy atom. The fourth-order valence-electron chi connectivity index (χ4n) is 2.43. The number of benzene rings is 1. The molecule has 0 heterocycles. The van der Waals surface area contributed by atoms with Crippen molar-refractivity contribution in [1.82, 2.24) is 10.4 Å². The number of amides is 1. The molecular weight excluding hydrogens is 380 g/mol. The van der Waals surface area contributed by atoms with Gasteiger partial charge in [-0.2, -0.15) is 0 Å². The molecule has 2 aliphatic rings. The van der Waals surface area contributed by atoms with E-state index < -0.39 is 0 Å². The van der Waals surface area contributed by atoms with E-state index in [-0.39, 0.29) is 34.8 Å². The van der Waals surface area contributed by atoms with Gasteiger partial charge in [-0.05, 0) is 57.8 Å². The van der Waals surface area contributed by atoms with E-state index in [0.29, 0.717) is 12.0 Å². The standard InChI is InChI=1S/C17H19N2O2.C5H5.Fe/c1-13(20)19(2)18-16(14-8-6-7-9-14)12-17(21)15-10-4-3-5-11-15;1-2-4-5-3-1;/h3-11,16,18H,12H2,1-2H3;1-5H;/q;;+2. The maximum Gasteiger partial charge on any atom is 2.00 e. The van der Waals surface area contributed by atoms with E-state index in [2.05, 4.69) is 5.43 Å². The number of carbonyl (C=O) groups excluding carboxylic acids is 2. The van der Waals surface area contributed by atoms with Crippen LogP contribution in [0.1, 0.15) is 23.7 Å². The maximum atomic E-state index is 12.4. The number of nitrogens with one attached hydrogen (secondary N) is 1. The summed E-state index contributed by atoms with van der Waals surface area (Å²) in [6.45, 7) is 1.48. The summed E-state index contributed by atoms with van der Waals surface area (Å²) in [7, 11) is 1.66. The Morgan fingerprint density at radius 2 is 1.44 bits per heavy atom. The topological polar surface area (TPSA) is 49.4 Å². The zero-order valence-electron chi connectivity index (χ0n) is 15.5. The molecule has 0 aromatic heterocycles. The normalized spacial score (nSPS) is 17.4. The molecule has 0 aliphatic heterocycles. The molecule has 140 valence electrons. The Bertz CT molecular complexity index is 547. The number of rotatable bonds is 6. The van der Waals surface area contributed by atoms with Gasteiger partial charge in [-0.25, -0.2) is 5.43 Å². The average molecular weight is 404 g/mol. The number of ketones is 1. The van der Waals surface area contributed by atoms with E-state index in [1.165, 1.54) is 11.9 Å². The minimum absolute atomic E-state index is 0. The van der Waals surface area contributed by atoms with E-state index >= 15 is 0 Å². The third kappa shape index (κ3) is 8.59. The minimum Gasteiger partial charge on any atom is -0.294 e. The molecule has 4 nitrogen and oxygen atoms in total. The largest absolute Gasteiger partial charge is 2.00 e. The molecule has 0 spiro atoms. The molecule has 2 fully saturated rings. The van der Waals surface area contributed by atoms with Crippen molar-refractivity contribution in [2.75, 3.05) is 7.05 Å². The van der Waals surface area contributed by atoms with Gasteiger partial charge in [0.2, 0.25) is 5.91 Å². The molecule has 0 saturated heterocycles. The molecule has 0 bridgehead atoms.